The first kappa shape index (κ1) is 51.1. The van der Waals surface area contributed by atoms with Gasteiger partial charge in [0.25, 0.3) is 0 Å². The third-order valence-electron chi connectivity index (χ3n) is 8.29. The summed E-state index contributed by atoms with van der Waals surface area (Å²) in [4.78, 5) is 37.5. The van der Waals surface area contributed by atoms with Crippen LogP contribution < -0.4 is 0 Å². The first-order valence-corrected chi connectivity index (χ1v) is 21.4. The molecule has 0 saturated heterocycles. The van der Waals surface area contributed by atoms with E-state index in [0.717, 1.165) is 83.5 Å². The lowest BCUT2D eigenvalue weighted by atomic mass is 10.1. The van der Waals surface area contributed by atoms with E-state index in [4.69, 9.17) is 14.2 Å². The van der Waals surface area contributed by atoms with Crippen molar-refractivity contribution in [2.24, 2.45) is 0 Å². The molecule has 0 fully saturated rings. The quantitative estimate of drug-likeness (QED) is 0.0274. The monoisotopic (exact) mass is 761 g/mol. The van der Waals surface area contributed by atoms with Crippen LogP contribution in [0.2, 0.25) is 0 Å². The van der Waals surface area contributed by atoms with E-state index in [1.54, 1.807) is 0 Å². The number of unbranched alkanes of at least 4 members (excludes halogenated alkanes) is 7. The van der Waals surface area contributed by atoms with Crippen molar-refractivity contribution in [3.05, 3.63) is 109 Å². The van der Waals surface area contributed by atoms with E-state index >= 15 is 0 Å². The maximum absolute atomic E-state index is 12.6. The fraction of sp³-hybridized carbons (Fsp3) is 0.571. The minimum Gasteiger partial charge on any atom is -0.462 e. The third kappa shape index (κ3) is 41.1. The van der Waals surface area contributed by atoms with Crippen LogP contribution in [0.25, 0.3) is 0 Å². The molecule has 0 rings (SSSR count). The van der Waals surface area contributed by atoms with Crippen molar-refractivity contribution >= 4 is 17.9 Å². The molecule has 0 aliphatic heterocycles. The summed E-state index contributed by atoms with van der Waals surface area (Å²) in [5.74, 6) is -1.09. The molecule has 0 saturated carbocycles. The summed E-state index contributed by atoms with van der Waals surface area (Å²) in [6.07, 6.45) is 56.7. The number of ether oxygens (including phenoxy) is 3. The Kier molecular flexibility index (Phi) is 39.7. The van der Waals surface area contributed by atoms with E-state index in [2.05, 4.69) is 118 Å². The van der Waals surface area contributed by atoms with Gasteiger partial charge in [-0.25, -0.2) is 0 Å². The molecule has 0 N–H and O–H groups in total. The number of rotatable bonds is 36. The molecule has 1 atom stereocenters. The van der Waals surface area contributed by atoms with Gasteiger partial charge in [0, 0.05) is 19.3 Å². The van der Waals surface area contributed by atoms with E-state index in [1.165, 1.54) is 25.7 Å². The molecular formula is C49H76O6. The lowest BCUT2D eigenvalue weighted by Crippen LogP contribution is -2.30. The maximum Gasteiger partial charge on any atom is 0.306 e. The molecule has 0 aromatic carbocycles. The van der Waals surface area contributed by atoms with Crippen LogP contribution in [-0.4, -0.2) is 37.2 Å². The number of carbonyl (C=O) groups is 3. The highest BCUT2D eigenvalue weighted by Gasteiger charge is 2.19. The van der Waals surface area contributed by atoms with Crippen molar-refractivity contribution in [1.82, 2.24) is 0 Å². The SMILES string of the molecule is CC/C=C\C/C=C\C/C=C\C/C=C\C/C=C\CCCC(=O)OCC(COC(=O)CCCCCCCCC)OC(=O)CC/C=C\C/C=C\C/C=C\C/C=C\CC. The zero-order chi connectivity index (χ0) is 40.1. The van der Waals surface area contributed by atoms with Gasteiger partial charge in [-0.1, -0.05) is 169 Å². The molecule has 0 aliphatic rings. The maximum atomic E-state index is 12.6. The average molecular weight is 761 g/mol. The molecule has 0 radical (unpaired) electrons. The van der Waals surface area contributed by atoms with Gasteiger partial charge in [-0.15, -0.1) is 0 Å². The van der Waals surface area contributed by atoms with Crippen LogP contribution in [0.3, 0.4) is 0 Å². The van der Waals surface area contributed by atoms with Gasteiger partial charge in [-0.2, -0.15) is 0 Å². The Morgan fingerprint density at radius 2 is 0.745 bits per heavy atom. The average Bonchev–Trinajstić information content (AvgIpc) is 3.18. The van der Waals surface area contributed by atoms with Crippen LogP contribution in [0.15, 0.2) is 109 Å². The van der Waals surface area contributed by atoms with E-state index in [1.807, 2.05) is 12.2 Å². The fourth-order valence-corrected chi connectivity index (χ4v) is 5.14. The molecule has 0 bridgehead atoms. The molecule has 0 aromatic heterocycles. The normalized spacial score (nSPS) is 13.1. The van der Waals surface area contributed by atoms with E-state index in [-0.39, 0.29) is 38.0 Å². The lowest BCUT2D eigenvalue weighted by Gasteiger charge is -2.18. The Morgan fingerprint density at radius 1 is 0.382 bits per heavy atom. The minimum atomic E-state index is -0.835. The standard InChI is InChI=1S/C49H76O6/c1-4-7-10-13-16-18-20-22-23-24-25-27-28-30-33-36-39-42-48(51)54-45-46(44-53-47(50)41-38-35-32-15-12-9-6-3)55-49(52)43-40-37-34-31-29-26-21-19-17-14-11-8-5-2/h7-8,10-11,16-19,22-23,25-27,29-30,33-34,37,46H,4-6,9,12-15,20-21,24,28,31-32,35-36,38-45H2,1-3H3/b10-7-,11-8-,18-16-,19-17-,23-22-,27-25-,29-26-,33-30-,37-34-. The van der Waals surface area contributed by atoms with Crippen LogP contribution in [0.4, 0.5) is 0 Å². The van der Waals surface area contributed by atoms with Gasteiger partial charge in [0.2, 0.25) is 0 Å². The van der Waals surface area contributed by atoms with Crippen molar-refractivity contribution in [3.63, 3.8) is 0 Å². The van der Waals surface area contributed by atoms with E-state index in [0.29, 0.717) is 19.3 Å². The Hall–Kier alpha value is -3.93. The van der Waals surface area contributed by atoms with Gasteiger partial charge >= 0.3 is 17.9 Å². The minimum absolute atomic E-state index is 0.127. The molecule has 0 amide bonds. The predicted molar refractivity (Wildman–Crippen MR) is 233 cm³/mol. The van der Waals surface area contributed by atoms with Crippen molar-refractivity contribution in [1.29, 1.82) is 0 Å². The zero-order valence-electron chi connectivity index (χ0n) is 34.9. The fourth-order valence-electron chi connectivity index (χ4n) is 5.14. The smallest absolute Gasteiger partial charge is 0.306 e. The second-order valence-electron chi connectivity index (χ2n) is 13.5. The summed E-state index contributed by atoms with van der Waals surface area (Å²) in [6.45, 7) is 6.20. The summed E-state index contributed by atoms with van der Waals surface area (Å²) >= 11 is 0. The first-order valence-electron chi connectivity index (χ1n) is 21.4. The van der Waals surface area contributed by atoms with Crippen LogP contribution in [0.5, 0.6) is 0 Å². The number of carbonyl (C=O) groups excluding carboxylic acids is 3. The summed E-state index contributed by atoms with van der Waals surface area (Å²) < 4.78 is 16.5. The second-order valence-corrected chi connectivity index (χ2v) is 13.5. The number of hydrogen-bond donors (Lipinski definition) is 0. The molecular weight excluding hydrogens is 685 g/mol. The van der Waals surface area contributed by atoms with E-state index < -0.39 is 12.1 Å². The highest BCUT2D eigenvalue weighted by molar-refractivity contribution is 5.71. The van der Waals surface area contributed by atoms with Crippen molar-refractivity contribution in [2.75, 3.05) is 13.2 Å². The molecule has 308 valence electrons. The Labute approximate surface area is 336 Å². The summed E-state index contributed by atoms with van der Waals surface area (Å²) in [5.41, 5.74) is 0. The Bertz CT molecular complexity index is 1200. The number of hydrogen-bond acceptors (Lipinski definition) is 6. The predicted octanol–water partition coefficient (Wildman–Crippen LogP) is 13.6. The molecule has 1 unspecified atom stereocenters. The molecule has 0 aromatic rings. The van der Waals surface area contributed by atoms with Crippen LogP contribution in [0, 0.1) is 0 Å². The Morgan fingerprint density at radius 3 is 1.18 bits per heavy atom. The Balaban J connectivity index is 4.54. The van der Waals surface area contributed by atoms with Crippen LogP contribution in [0.1, 0.15) is 162 Å². The highest BCUT2D eigenvalue weighted by Crippen LogP contribution is 2.10. The summed E-state index contributed by atoms with van der Waals surface area (Å²) in [6, 6.07) is 0. The molecule has 6 nitrogen and oxygen atoms in total. The summed E-state index contributed by atoms with van der Waals surface area (Å²) in [5, 5.41) is 0. The zero-order valence-corrected chi connectivity index (χ0v) is 34.9. The molecule has 6 heteroatoms. The van der Waals surface area contributed by atoms with Gasteiger partial charge in [0.15, 0.2) is 6.10 Å². The summed E-state index contributed by atoms with van der Waals surface area (Å²) in [7, 11) is 0. The van der Waals surface area contributed by atoms with Crippen molar-refractivity contribution < 1.29 is 28.6 Å². The van der Waals surface area contributed by atoms with Crippen LogP contribution >= 0.6 is 0 Å². The largest absolute Gasteiger partial charge is 0.462 e. The van der Waals surface area contributed by atoms with E-state index in [9.17, 15) is 14.4 Å². The van der Waals surface area contributed by atoms with Gasteiger partial charge in [-0.05, 0) is 83.5 Å². The molecule has 0 aliphatic carbocycles. The first-order chi connectivity index (χ1) is 27.0. The van der Waals surface area contributed by atoms with Crippen molar-refractivity contribution in [2.45, 2.75) is 168 Å². The van der Waals surface area contributed by atoms with Gasteiger partial charge in [-0.3, -0.25) is 14.4 Å². The van der Waals surface area contributed by atoms with Gasteiger partial charge < -0.3 is 14.2 Å². The molecule has 0 spiro atoms. The van der Waals surface area contributed by atoms with Gasteiger partial charge in [0.1, 0.15) is 13.2 Å². The lowest BCUT2D eigenvalue weighted by molar-refractivity contribution is -0.166. The second kappa shape index (κ2) is 42.8. The third-order valence-corrected chi connectivity index (χ3v) is 8.29. The highest BCUT2D eigenvalue weighted by atomic mass is 16.6. The van der Waals surface area contributed by atoms with Crippen LogP contribution in [-0.2, 0) is 28.6 Å². The number of esters is 3. The number of allylic oxidation sites excluding steroid dienone is 18. The topological polar surface area (TPSA) is 78.9 Å². The van der Waals surface area contributed by atoms with Crippen molar-refractivity contribution in [3.8, 4) is 0 Å². The van der Waals surface area contributed by atoms with Gasteiger partial charge in [0.05, 0.1) is 0 Å². The molecule has 0 heterocycles. The molecule has 55 heavy (non-hydrogen) atoms.